The van der Waals surface area contributed by atoms with Crippen molar-refractivity contribution < 1.29 is 24.2 Å². The molecule has 5 aromatic carbocycles. The molecule has 0 spiro atoms. The Labute approximate surface area is 271 Å². The minimum Gasteiger partial charge on any atom is -0.480 e. The van der Waals surface area contributed by atoms with Gasteiger partial charge in [0.25, 0.3) is 0 Å². The third-order valence-corrected chi connectivity index (χ3v) is 8.81. The number of hydrogen-bond donors (Lipinski definition) is 3. The molecule has 3 N–H and O–H groups in total. The van der Waals surface area contributed by atoms with Crippen LogP contribution in [-0.4, -0.2) is 42.3 Å². The molecule has 1 aliphatic rings. The predicted molar refractivity (Wildman–Crippen MR) is 177 cm³/mol. The van der Waals surface area contributed by atoms with E-state index >= 15 is 0 Å². The largest absolute Gasteiger partial charge is 0.480 e. The van der Waals surface area contributed by atoms with Crippen molar-refractivity contribution in [3.63, 3.8) is 0 Å². The molecular weight excluding hydrogens is 600 g/mol. The monoisotopic (exact) mass is 630 g/mol. The number of rotatable bonds is 10. The van der Waals surface area contributed by atoms with Gasteiger partial charge in [0, 0.05) is 10.9 Å². The summed E-state index contributed by atoms with van der Waals surface area (Å²) in [6.45, 7) is -0.417. The molecule has 46 heavy (non-hydrogen) atoms. The van der Waals surface area contributed by atoms with E-state index in [2.05, 4.69) is 10.6 Å². The summed E-state index contributed by atoms with van der Waals surface area (Å²) < 4.78 is 5.57. The summed E-state index contributed by atoms with van der Waals surface area (Å²) >= 11 is 6.77. The Hall–Kier alpha value is -5.40. The zero-order valence-electron chi connectivity index (χ0n) is 24.7. The predicted octanol–water partition coefficient (Wildman–Crippen LogP) is 6.78. The van der Waals surface area contributed by atoms with Gasteiger partial charge in [-0.05, 0) is 45.0 Å². The fourth-order valence-corrected chi connectivity index (χ4v) is 6.80. The molecule has 0 heterocycles. The highest BCUT2D eigenvalue weighted by molar-refractivity contribution is 6.31. The Morgan fingerprint density at radius 3 is 1.76 bits per heavy atom. The molecule has 7 nitrogen and oxygen atoms in total. The van der Waals surface area contributed by atoms with E-state index in [9.17, 15) is 19.5 Å². The van der Waals surface area contributed by atoms with Crippen molar-refractivity contribution in [3.8, 4) is 11.1 Å². The maximum Gasteiger partial charge on any atom is 0.407 e. The van der Waals surface area contributed by atoms with Gasteiger partial charge in [0.1, 0.15) is 19.2 Å². The summed E-state index contributed by atoms with van der Waals surface area (Å²) in [6.07, 6.45) is -0.785. The van der Waals surface area contributed by atoms with Crippen LogP contribution < -0.4 is 10.6 Å². The average Bonchev–Trinajstić information content (AvgIpc) is 3.41. The molecule has 0 radical (unpaired) electrons. The van der Waals surface area contributed by atoms with Crippen LogP contribution in [0.25, 0.3) is 11.1 Å². The number of halogens is 1. The summed E-state index contributed by atoms with van der Waals surface area (Å²) in [6, 6.07) is 39.6. The Morgan fingerprint density at radius 2 is 1.22 bits per heavy atom. The summed E-state index contributed by atoms with van der Waals surface area (Å²) in [5.74, 6) is -2.12. The Balaban J connectivity index is 1.23. The van der Waals surface area contributed by atoms with Crippen LogP contribution in [0.5, 0.6) is 0 Å². The highest BCUT2D eigenvalue weighted by atomic mass is 35.5. The Morgan fingerprint density at radius 1 is 0.717 bits per heavy atom. The number of carbonyl (C=O) groups excluding carboxylic acids is 2. The Bertz CT molecular complexity index is 1790. The summed E-state index contributed by atoms with van der Waals surface area (Å²) in [7, 11) is 0. The minimum atomic E-state index is -1.51. The second-order valence-corrected chi connectivity index (χ2v) is 11.4. The van der Waals surface area contributed by atoms with E-state index in [0.29, 0.717) is 21.7 Å². The SMILES string of the molecule is O=C(CNC(=O)OCC1c2ccccc2-c2ccccc21)NC(C(=O)O)C(c1ccccc1)(c1ccccc1)c1ccccc1Cl. The fourth-order valence-electron chi connectivity index (χ4n) is 6.52. The lowest BCUT2D eigenvalue weighted by Crippen LogP contribution is -2.57. The van der Waals surface area contributed by atoms with Crippen LogP contribution in [0.4, 0.5) is 4.79 Å². The van der Waals surface area contributed by atoms with Gasteiger partial charge in [-0.2, -0.15) is 0 Å². The molecule has 1 aliphatic carbocycles. The molecule has 0 saturated heterocycles. The molecule has 230 valence electrons. The number of fused-ring (bicyclic) bond motifs is 3. The second-order valence-electron chi connectivity index (χ2n) is 11.0. The molecule has 0 bridgehead atoms. The number of benzene rings is 5. The van der Waals surface area contributed by atoms with Crippen LogP contribution in [0.15, 0.2) is 133 Å². The van der Waals surface area contributed by atoms with Crippen molar-refractivity contribution in [2.45, 2.75) is 17.4 Å². The highest BCUT2D eigenvalue weighted by Gasteiger charge is 2.49. The summed E-state index contributed by atoms with van der Waals surface area (Å²) in [4.78, 5) is 39.3. The van der Waals surface area contributed by atoms with Gasteiger partial charge in [0.2, 0.25) is 5.91 Å². The van der Waals surface area contributed by atoms with E-state index in [1.54, 1.807) is 24.3 Å². The van der Waals surface area contributed by atoms with Crippen LogP contribution in [0.2, 0.25) is 5.02 Å². The van der Waals surface area contributed by atoms with Gasteiger partial charge < -0.3 is 20.5 Å². The lowest BCUT2D eigenvalue weighted by molar-refractivity contribution is -0.143. The van der Waals surface area contributed by atoms with Gasteiger partial charge in [-0.1, -0.05) is 139 Å². The van der Waals surface area contributed by atoms with Gasteiger partial charge >= 0.3 is 12.1 Å². The molecular formula is C38H31ClN2O5. The number of carbonyl (C=O) groups is 3. The Kier molecular flexibility index (Phi) is 8.85. The van der Waals surface area contributed by atoms with E-state index in [1.165, 1.54) is 0 Å². The maximum absolute atomic E-state index is 13.4. The molecule has 2 amide bonds. The van der Waals surface area contributed by atoms with Crippen LogP contribution in [-0.2, 0) is 19.7 Å². The smallest absolute Gasteiger partial charge is 0.407 e. The topological polar surface area (TPSA) is 105 Å². The molecule has 1 unspecified atom stereocenters. The van der Waals surface area contributed by atoms with E-state index < -0.39 is 36.0 Å². The molecule has 5 aromatic rings. The number of ether oxygens (including phenoxy) is 1. The first-order valence-corrected chi connectivity index (χ1v) is 15.3. The van der Waals surface area contributed by atoms with E-state index in [1.807, 2.05) is 109 Å². The maximum atomic E-state index is 13.4. The van der Waals surface area contributed by atoms with Crippen molar-refractivity contribution >= 4 is 29.6 Å². The molecule has 8 heteroatoms. The normalized spacial score (nSPS) is 12.8. The number of amides is 2. The number of hydrogen-bond acceptors (Lipinski definition) is 4. The van der Waals surface area contributed by atoms with Crippen LogP contribution in [0.1, 0.15) is 33.7 Å². The van der Waals surface area contributed by atoms with Crippen molar-refractivity contribution in [2.75, 3.05) is 13.2 Å². The lowest BCUT2D eigenvalue weighted by atomic mass is 9.64. The molecule has 0 aliphatic heterocycles. The first-order chi connectivity index (χ1) is 22.4. The van der Waals surface area contributed by atoms with Crippen LogP contribution in [0.3, 0.4) is 0 Å². The summed E-state index contributed by atoms with van der Waals surface area (Å²) in [5, 5.41) is 16.2. The van der Waals surface area contributed by atoms with Gasteiger partial charge in [-0.15, -0.1) is 0 Å². The fraction of sp³-hybridized carbons (Fsp3) is 0.132. The number of carboxylic acid groups (broad SMARTS) is 1. The number of nitrogens with one attached hydrogen (secondary N) is 2. The average molecular weight is 631 g/mol. The zero-order valence-corrected chi connectivity index (χ0v) is 25.5. The third-order valence-electron chi connectivity index (χ3n) is 8.48. The third kappa shape index (κ3) is 5.73. The van der Waals surface area contributed by atoms with Gasteiger partial charge in [-0.25, -0.2) is 9.59 Å². The van der Waals surface area contributed by atoms with Gasteiger partial charge in [0.15, 0.2) is 0 Å². The standard InChI is InChI=1S/C38H31ClN2O5/c39-33-22-12-11-21-32(33)38(25-13-3-1-4-14-25,26-15-5-2-6-16-26)35(36(43)44)41-34(42)23-40-37(45)46-24-31-29-19-9-7-17-27(29)28-18-8-10-20-30(28)31/h1-22,31,35H,23-24H2,(H,40,45)(H,41,42)(H,43,44). The quantitative estimate of drug-likeness (QED) is 0.148. The molecule has 0 aromatic heterocycles. The van der Waals surface area contributed by atoms with E-state index in [0.717, 1.165) is 22.3 Å². The molecule has 0 saturated carbocycles. The van der Waals surface area contributed by atoms with Crippen molar-refractivity contribution in [3.05, 3.63) is 166 Å². The van der Waals surface area contributed by atoms with Crippen molar-refractivity contribution in [1.29, 1.82) is 0 Å². The molecule has 1 atom stereocenters. The first kappa shape index (κ1) is 30.6. The number of alkyl carbamates (subject to hydrolysis) is 1. The van der Waals surface area contributed by atoms with E-state index in [-0.39, 0.29) is 12.5 Å². The highest BCUT2D eigenvalue weighted by Crippen LogP contribution is 2.46. The van der Waals surface area contributed by atoms with Crippen molar-refractivity contribution in [1.82, 2.24) is 10.6 Å². The van der Waals surface area contributed by atoms with Crippen LogP contribution >= 0.6 is 11.6 Å². The molecule has 0 fully saturated rings. The van der Waals surface area contributed by atoms with Crippen LogP contribution in [0, 0.1) is 0 Å². The summed E-state index contributed by atoms with van der Waals surface area (Å²) in [5.41, 5.74) is 4.65. The van der Waals surface area contributed by atoms with Gasteiger partial charge in [0.05, 0.1) is 5.41 Å². The minimum absolute atomic E-state index is 0.0802. The van der Waals surface area contributed by atoms with Gasteiger partial charge in [-0.3, -0.25) is 4.79 Å². The number of carboxylic acids is 1. The number of aliphatic carboxylic acids is 1. The molecule has 6 rings (SSSR count). The van der Waals surface area contributed by atoms with Crippen molar-refractivity contribution in [2.24, 2.45) is 0 Å². The second kappa shape index (κ2) is 13.3. The lowest BCUT2D eigenvalue weighted by Gasteiger charge is -2.41. The first-order valence-electron chi connectivity index (χ1n) is 14.9. The zero-order chi connectivity index (χ0) is 32.1. The van der Waals surface area contributed by atoms with E-state index in [4.69, 9.17) is 16.3 Å².